The quantitative estimate of drug-likeness (QED) is 0.742. The first-order chi connectivity index (χ1) is 6.68. The molecule has 0 saturated heterocycles. The van der Waals surface area contributed by atoms with Crippen molar-refractivity contribution < 1.29 is 5.11 Å². The van der Waals surface area contributed by atoms with Crippen LogP contribution in [0.3, 0.4) is 0 Å². The normalized spacial score (nSPS) is 27.9. The Morgan fingerprint density at radius 3 is 2.64 bits per heavy atom. The monoisotopic (exact) mass is 194 g/mol. The zero-order valence-electron chi connectivity index (χ0n) is 8.90. The number of aryl methyl sites for hydroxylation is 2. The molecule has 0 amide bonds. The lowest BCUT2D eigenvalue weighted by atomic mass is 9.92. The van der Waals surface area contributed by atoms with Crippen LogP contribution in [-0.4, -0.2) is 21.0 Å². The van der Waals surface area contributed by atoms with Crippen LogP contribution < -0.4 is 0 Å². The number of aromatic nitrogens is 2. The summed E-state index contributed by atoms with van der Waals surface area (Å²) in [6.07, 6.45) is 4.13. The molecule has 1 aliphatic carbocycles. The Morgan fingerprint density at radius 1 is 1.36 bits per heavy atom. The van der Waals surface area contributed by atoms with Gasteiger partial charge < -0.3 is 5.11 Å². The number of hydrogen-bond acceptors (Lipinski definition) is 2. The van der Waals surface area contributed by atoms with Crippen LogP contribution in [0, 0.1) is 13.8 Å². The number of nitrogens with zero attached hydrogens (tertiary/aromatic N) is 2. The predicted molar refractivity (Wildman–Crippen MR) is 55.2 cm³/mol. The highest BCUT2D eigenvalue weighted by atomic mass is 16.3. The average molecular weight is 194 g/mol. The summed E-state index contributed by atoms with van der Waals surface area (Å²) in [5, 5.41) is 14.3. The predicted octanol–water partition coefficient (Wildman–Crippen LogP) is 1.98. The van der Waals surface area contributed by atoms with Gasteiger partial charge in [0.2, 0.25) is 0 Å². The second kappa shape index (κ2) is 3.73. The van der Waals surface area contributed by atoms with Gasteiger partial charge in [0.25, 0.3) is 0 Å². The van der Waals surface area contributed by atoms with Crippen LogP contribution in [0.25, 0.3) is 0 Å². The molecule has 0 radical (unpaired) electrons. The van der Waals surface area contributed by atoms with Crippen molar-refractivity contribution in [2.45, 2.75) is 51.7 Å². The van der Waals surface area contributed by atoms with Gasteiger partial charge in [0.05, 0.1) is 17.8 Å². The Balaban J connectivity index is 2.24. The third-order valence-corrected chi connectivity index (χ3v) is 3.05. The highest BCUT2D eigenvalue weighted by Gasteiger charge is 2.26. The summed E-state index contributed by atoms with van der Waals surface area (Å²) in [7, 11) is 0. The third-order valence-electron chi connectivity index (χ3n) is 3.05. The van der Waals surface area contributed by atoms with E-state index in [4.69, 9.17) is 0 Å². The summed E-state index contributed by atoms with van der Waals surface area (Å²) in [4.78, 5) is 0. The van der Waals surface area contributed by atoms with Crippen molar-refractivity contribution in [1.82, 2.24) is 9.78 Å². The van der Waals surface area contributed by atoms with E-state index >= 15 is 0 Å². The molecule has 1 fully saturated rings. The molecule has 0 spiro atoms. The first kappa shape index (κ1) is 9.71. The number of rotatable bonds is 1. The van der Waals surface area contributed by atoms with Crippen LogP contribution in [-0.2, 0) is 0 Å². The first-order valence-electron chi connectivity index (χ1n) is 5.39. The van der Waals surface area contributed by atoms with E-state index in [9.17, 15) is 5.11 Å². The molecule has 14 heavy (non-hydrogen) atoms. The van der Waals surface area contributed by atoms with Crippen molar-refractivity contribution in [2.24, 2.45) is 0 Å². The molecule has 0 unspecified atom stereocenters. The van der Waals surface area contributed by atoms with Crippen LogP contribution in [0.5, 0.6) is 0 Å². The van der Waals surface area contributed by atoms with Crippen LogP contribution in [0.1, 0.15) is 43.1 Å². The van der Waals surface area contributed by atoms with Gasteiger partial charge in [-0.05, 0) is 32.8 Å². The molecule has 3 heteroatoms. The van der Waals surface area contributed by atoms with Crippen molar-refractivity contribution in [3.05, 3.63) is 17.5 Å². The molecule has 1 saturated carbocycles. The average Bonchev–Trinajstić information content (AvgIpc) is 2.46. The largest absolute Gasteiger partial charge is 0.391 e. The van der Waals surface area contributed by atoms with Gasteiger partial charge in [-0.1, -0.05) is 12.8 Å². The molecule has 1 aromatic heterocycles. The lowest BCUT2D eigenvalue weighted by molar-refractivity contribution is 0.0683. The highest BCUT2D eigenvalue weighted by Crippen LogP contribution is 2.29. The van der Waals surface area contributed by atoms with Gasteiger partial charge in [-0.25, -0.2) is 0 Å². The molecule has 78 valence electrons. The fraction of sp³-hybridized carbons (Fsp3) is 0.727. The Hall–Kier alpha value is -0.830. The van der Waals surface area contributed by atoms with E-state index in [-0.39, 0.29) is 12.1 Å². The molecule has 1 aliphatic rings. The minimum atomic E-state index is -0.207. The Morgan fingerprint density at radius 2 is 2.07 bits per heavy atom. The Bertz CT molecular complexity index is 319. The topological polar surface area (TPSA) is 38.0 Å². The first-order valence-corrected chi connectivity index (χ1v) is 5.39. The molecule has 1 N–H and O–H groups in total. The van der Waals surface area contributed by atoms with Gasteiger partial charge in [-0.2, -0.15) is 5.10 Å². The summed E-state index contributed by atoms with van der Waals surface area (Å²) in [5.41, 5.74) is 2.20. The second-order valence-electron chi connectivity index (χ2n) is 4.29. The van der Waals surface area contributed by atoms with E-state index in [0.29, 0.717) is 0 Å². The number of hydrogen-bond donors (Lipinski definition) is 1. The van der Waals surface area contributed by atoms with E-state index in [0.717, 1.165) is 30.7 Å². The van der Waals surface area contributed by atoms with Crippen LogP contribution in [0.2, 0.25) is 0 Å². The van der Waals surface area contributed by atoms with Gasteiger partial charge in [-0.15, -0.1) is 0 Å². The number of aliphatic hydroxyl groups is 1. The maximum Gasteiger partial charge on any atom is 0.0781 e. The second-order valence-corrected chi connectivity index (χ2v) is 4.29. The van der Waals surface area contributed by atoms with Crippen molar-refractivity contribution in [3.63, 3.8) is 0 Å². The van der Waals surface area contributed by atoms with E-state index in [1.165, 1.54) is 6.42 Å². The summed E-state index contributed by atoms with van der Waals surface area (Å²) in [6, 6.07) is 2.28. The molecular weight excluding hydrogens is 176 g/mol. The van der Waals surface area contributed by atoms with Crippen molar-refractivity contribution in [3.8, 4) is 0 Å². The number of aliphatic hydroxyl groups excluding tert-OH is 1. The van der Waals surface area contributed by atoms with Gasteiger partial charge in [0.1, 0.15) is 0 Å². The maximum absolute atomic E-state index is 9.90. The van der Waals surface area contributed by atoms with E-state index in [1.54, 1.807) is 0 Å². The van der Waals surface area contributed by atoms with E-state index in [2.05, 4.69) is 18.1 Å². The van der Waals surface area contributed by atoms with Crippen molar-refractivity contribution >= 4 is 0 Å². The smallest absolute Gasteiger partial charge is 0.0781 e. The van der Waals surface area contributed by atoms with Crippen molar-refractivity contribution in [1.29, 1.82) is 0 Å². The minimum absolute atomic E-state index is 0.206. The van der Waals surface area contributed by atoms with Gasteiger partial charge >= 0.3 is 0 Å². The van der Waals surface area contributed by atoms with Crippen LogP contribution in [0.4, 0.5) is 0 Å². The van der Waals surface area contributed by atoms with Gasteiger partial charge in [0.15, 0.2) is 0 Å². The van der Waals surface area contributed by atoms with E-state index < -0.39 is 0 Å². The Kier molecular flexibility index (Phi) is 2.59. The highest BCUT2D eigenvalue weighted by molar-refractivity contribution is 5.08. The maximum atomic E-state index is 9.90. The molecule has 0 aromatic carbocycles. The van der Waals surface area contributed by atoms with Crippen molar-refractivity contribution in [2.75, 3.05) is 0 Å². The molecule has 2 atom stereocenters. The van der Waals surface area contributed by atoms with Gasteiger partial charge in [-0.3, -0.25) is 4.68 Å². The molecule has 1 heterocycles. The summed E-state index contributed by atoms with van der Waals surface area (Å²) >= 11 is 0. The SMILES string of the molecule is Cc1cc(C)n([C@@H]2CCCC[C@H]2O)n1. The third kappa shape index (κ3) is 1.69. The summed E-state index contributed by atoms with van der Waals surface area (Å²) in [6.45, 7) is 4.06. The molecule has 0 bridgehead atoms. The summed E-state index contributed by atoms with van der Waals surface area (Å²) in [5.74, 6) is 0. The molecule has 3 nitrogen and oxygen atoms in total. The molecule has 0 aliphatic heterocycles. The van der Waals surface area contributed by atoms with Gasteiger partial charge in [0, 0.05) is 5.69 Å². The van der Waals surface area contributed by atoms with Crippen LogP contribution in [0.15, 0.2) is 6.07 Å². The minimum Gasteiger partial charge on any atom is -0.391 e. The lowest BCUT2D eigenvalue weighted by Crippen LogP contribution is -2.28. The lowest BCUT2D eigenvalue weighted by Gasteiger charge is -2.28. The Labute approximate surface area is 84.7 Å². The standard InChI is InChI=1S/C11H18N2O/c1-8-7-9(2)13(12-8)10-5-3-4-6-11(10)14/h7,10-11,14H,3-6H2,1-2H3/t10-,11-/m1/s1. The van der Waals surface area contributed by atoms with E-state index in [1.807, 2.05) is 11.6 Å². The fourth-order valence-corrected chi connectivity index (χ4v) is 2.36. The van der Waals surface area contributed by atoms with Crippen LogP contribution >= 0.6 is 0 Å². The zero-order chi connectivity index (χ0) is 10.1. The molecule has 1 aromatic rings. The zero-order valence-corrected chi connectivity index (χ0v) is 8.90. The fourth-order valence-electron chi connectivity index (χ4n) is 2.36. The molecular formula is C11H18N2O. The molecule has 2 rings (SSSR count). The summed E-state index contributed by atoms with van der Waals surface area (Å²) < 4.78 is 2.00.